The first-order chi connectivity index (χ1) is 10.6. The summed E-state index contributed by atoms with van der Waals surface area (Å²) in [6.07, 6.45) is 11.0. The molecule has 1 unspecified atom stereocenters. The SMILES string of the molecule is CCCCCCCC(CN(C)C)C(=O)/C=C/c1ccccc1. The van der Waals surface area contributed by atoms with Gasteiger partial charge in [0.1, 0.15) is 0 Å². The summed E-state index contributed by atoms with van der Waals surface area (Å²) >= 11 is 0. The largest absolute Gasteiger partial charge is 0.309 e. The van der Waals surface area contributed by atoms with Crippen molar-refractivity contribution < 1.29 is 4.79 Å². The lowest BCUT2D eigenvalue weighted by Crippen LogP contribution is -2.27. The number of carbonyl (C=O) groups is 1. The van der Waals surface area contributed by atoms with Gasteiger partial charge in [0.2, 0.25) is 0 Å². The molecule has 0 heterocycles. The number of hydrogen-bond donors (Lipinski definition) is 0. The molecule has 1 aromatic carbocycles. The average Bonchev–Trinajstić information content (AvgIpc) is 2.52. The van der Waals surface area contributed by atoms with Crippen molar-refractivity contribution in [1.82, 2.24) is 4.90 Å². The van der Waals surface area contributed by atoms with E-state index in [1.807, 2.05) is 50.5 Å². The molecule has 0 aliphatic heterocycles. The Morgan fingerprint density at radius 2 is 1.77 bits per heavy atom. The minimum atomic E-state index is 0.122. The van der Waals surface area contributed by atoms with Crippen molar-refractivity contribution in [3.63, 3.8) is 0 Å². The lowest BCUT2D eigenvalue weighted by molar-refractivity contribution is -0.118. The molecular weight excluding hydrogens is 270 g/mol. The van der Waals surface area contributed by atoms with Gasteiger partial charge < -0.3 is 4.90 Å². The predicted octanol–water partition coefficient (Wildman–Crippen LogP) is 4.81. The standard InChI is InChI=1S/C20H31NO/c1-4-5-6-7-11-14-19(17-21(2)3)20(22)16-15-18-12-9-8-10-13-18/h8-10,12-13,15-16,19H,4-7,11,14,17H2,1-3H3/b16-15+. The van der Waals surface area contributed by atoms with Crippen LogP contribution in [0.15, 0.2) is 36.4 Å². The maximum absolute atomic E-state index is 12.5. The Morgan fingerprint density at radius 1 is 1.09 bits per heavy atom. The first kappa shape index (κ1) is 18.6. The number of nitrogens with zero attached hydrogens (tertiary/aromatic N) is 1. The topological polar surface area (TPSA) is 20.3 Å². The van der Waals surface area contributed by atoms with Gasteiger partial charge in [-0.05, 0) is 32.2 Å². The van der Waals surface area contributed by atoms with Crippen molar-refractivity contribution in [2.45, 2.75) is 45.4 Å². The van der Waals surface area contributed by atoms with Gasteiger partial charge in [0.05, 0.1) is 0 Å². The van der Waals surface area contributed by atoms with Crippen molar-refractivity contribution in [1.29, 1.82) is 0 Å². The molecule has 0 bridgehead atoms. The van der Waals surface area contributed by atoms with Crippen LogP contribution in [-0.4, -0.2) is 31.3 Å². The molecule has 0 spiro atoms. The molecule has 22 heavy (non-hydrogen) atoms. The number of hydrogen-bond acceptors (Lipinski definition) is 2. The van der Waals surface area contributed by atoms with Crippen molar-refractivity contribution in [3.05, 3.63) is 42.0 Å². The lowest BCUT2D eigenvalue weighted by atomic mass is 9.95. The quantitative estimate of drug-likeness (QED) is 0.432. The van der Waals surface area contributed by atoms with Gasteiger partial charge in [0.15, 0.2) is 5.78 Å². The minimum Gasteiger partial charge on any atom is -0.309 e. The van der Waals surface area contributed by atoms with Gasteiger partial charge in [0, 0.05) is 12.5 Å². The van der Waals surface area contributed by atoms with Crippen LogP contribution in [0.4, 0.5) is 0 Å². The van der Waals surface area contributed by atoms with E-state index in [2.05, 4.69) is 11.8 Å². The fourth-order valence-corrected chi connectivity index (χ4v) is 2.64. The van der Waals surface area contributed by atoms with Crippen LogP contribution in [0.2, 0.25) is 0 Å². The van der Waals surface area contributed by atoms with Gasteiger partial charge in [-0.25, -0.2) is 0 Å². The summed E-state index contributed by atoms with van der Waals surface area (Å²) in [5, 5.41) is 0. The van der Waals surface area contributed by atoms with Crippen LogP contribution in [0.25, 0.3) is 6.08 Å². The third-order valence-electron chi connectivity index (χ3n) is 3.88. The van der Waals surface area contributed by atoms with E-state index in [1.165, 1.54) is 25.7 Å². The molecule has 0 aromatic heterocycles. The molecular formula is C20H31NO. The second kappa shape index (κ2) is 11.2. The molecule has 1 rings (SSSR count). The van der Waals surface area contributed by atoms with E-state index in [-0.39, 0.29) is 11.7 Å². The molecule has 0 radical (unpaired) electrons. The van der Waals surface area contributed by atoms with Gasteiger partial charge >= 0.3 is 0 Å². The van der Waals surface area contributed by atoms with E-state index in [0.717, 1.165) is 24.9 Å². The molecule has 0 fully saturated rings. The normalized spacial score (nSPS) is 12.9. The second-order valence-electron chi connectivity index (χ2n) is 6.31. The Kier molecular flexibility index (Phi) is 9.49. The zero-order chi connectivity index (χ0) is 16.2. The molecule has 0 N–H and O–H groups in total. The Balaban J connectivity index is 2.50. The van der Waals surface area contributed by atoms with E-state index in [1.54, 1.807) is 6.08 Å². The summed E-state index contributed by atoms with van der Waals surface area (Å²) in [5.41, 5.74) is 1.09. The lowest BCUT2D eigenvalue weighted by Gasteiger charge is -2.18. The average molecular weight is 301 g/mol. The van der Waals surface area contributed by atoms with Crippen LogP contribution >= 0.6 is 0 Å². The first-order valence-corrected chi connectivity index (χ1v) is 8.55. The smallest absolute Gasteiger partial charge is 0.160 e. The van der Waals surface area contributed by atoms with Gasteiger partial charge in [0.25, 0.3) is 0 Å². The summed E-state index contributed by atoms with van der Waals surface area (Å²) in [7, 11) is 4.08. The fourth-order valence-electron chi connectivity index (χ4n) is 2.64. The summed E-state index contributed by atoms with van der Waals surface area (Å²) in [6.45, 7) is 3.07. The summed E-state index contributed by atoms with van der Waals surface area (Å²) in [4.78, 5) is 14.6. The van der Waals surface area contributed by atoms with Gasteiger partial charge in [-0.3, -0.25) is 4.79 Å². The van der Waals surface area contributed by atoms with Crippen LogP contribution in [0.5, 0.6) is 0 Å². The monoisotopic (exact) mass is 301 g/mol. The highest BCUT2D eigenvalue weighted by Crippen LogP contribution is 2.15. The van der Waals surface area contributed by atoms with Crippen LogP contribution in [0, 0.1) is 5.92 Å². The van der Waals surface area contributed by atoms with E-state index in [9.17, 15) is 4.79 Å². The van der Waals surface area contributed by atoms with E-state index in [0.29, 0.717) is 0 Å². The molecule has 2 nitrogen and oxygen atoms in total. The maximum atomic E-state index is 12.5. The number of rotatable bonds is 11. The van der Waals surface area contributed by atoms with Crippen molar-refractivity contribution in [2.24, 2.45) is 5.92 Å². The van der Waals surface area contributed by atoms with E-state index >= 15 is 0 Å². The Hall–Kier alpha value is -1.41. The highest BCUT2D eigenvalue weighted by atomic mass is 16.1. The number of ketones is 1. The molecule has 0 aliphatic rings. The maximum Gasteiger partial charge on any atom is 0.160 e. The van der Waals surface area contributed by atoms with Gasteiger partial charge in [-0.2, -0.15) is 0 Å². The number of unbranched alkanes of at least 4 members (excludes halogenated alkanes) is 4. The molecule has 122 valence electrons. The zero-order valence-electron chi connectivity index (χ0n) is 14.4. The van der Waals surface area contributed by atoms with E-state index in [4.69, 9.17) is 0 Å². The number of carbonyl (C=O) groups excluding carboxylic acids is 1. The predicted molar refractivity (Wildman–Crippen MR) is 95.9 cm³/mol. The third-order valence-corrected chi connectivity index (χ3v) is 3.88. The van der Waals surface area contributed by atoms with Crippen molar-refractivity contribution >= 4 is 11.9 Å². The van der Waals surface area contributed by atoms with Gasteiger partial charge in [-0.1, -0.05) is 75.4 Å². The summed E-state index contributed by atoms with van der Waals surface area (Å²) < 4.78 is 0. The minimum absolute atomic E-state index is 0.122. The molecule has 1 atom stereocenters. The van der Waals surface area contributed by atoms with Crippen LogP contribution in [-0.2, 0) is 4.79 Å². The zero-order valence-corrected chi connectivity index (χ0v) is 14.4. The van der Waals surface area contributed by atoms with Gasteiger partial charge in [-0.15, -0.1) is 0 Å². The summed E-state index contributed by atoms with van der Waals surface area (Å²) in [6, 6.07) is 10.0. The molecule has 0 amide bonds. The molecule has 0 saturated carbocycles. The summed E-state index contributed by atoms with van der Waals surface area (Å²) in [5.74, 6) is 0.379. The fraction of sp³-hybridized carbons (Fsp3) is 0.550. The van der Waals surface area contributed by atoms with E-state index < -0.39 is 0 Å². The van der Waals surface area contributed by atoms with Crippen molar-refractivity contribution in [2.75, 3.05) is 20.6 Å². The highest BCUT2D eigenvalue weighted by Gasteiger charge is 2.16. The molecule has 0 aliphatic carbocycles. The Labute approximate surface area is 136 Å². The Bertz CT molecular complexity index is 436. The molecule has 2 heteroatoms. The van der Waals surface area contributed by atoms with Crippen LogP contribution < -0.4 is 0 Å². The first-order valence-electron chi connectivity index (χ1n) is 8.55. The van der Waals surface area contributed by atoms with Crippen LogP contribution in [0.1, 0.15) is 51.0 Å². The molecule has 1 aromatic rings. The number of benzene rings is 1. The van der Waals surface area contributed by atoms with Crippen molar-refractivity contribution in [3.8, 4) is 0 Å². The number of allylic oxidation sites excluding steroid dienone is 1. The Morgan fingerprint density at radius 3 is 2.41 bits per heavy atom. The molecule has 0 saturated heterocycles. The third kappa shape index (κ3) is 8.14. The highest BCUT2D eigenvalue weighted by molar-refractivity contribution is 5.95. The second-order valence-corrected chi connectivity index (χ2v) is 6.31. The van der Waals surface area contributed by atoms with Crippen LogP contribution in [0.3, 0.4) is 0 Å².